The molecule has 0 bridgehead atoms. The summed E-state index contributed by atoms with van der Waals surface area (Å²) in [7, 11) is 0. The van der Waals surface area contributed by atoms with Gasteiger partial charge in [0.15, 0.2) is 0 Å². The summed E-state index contributed by atoms with van der Waals surface area (Å²) in [6.07, 6.45) is -0.483. The summed E-state index contributed by atoms with van der Waals surface area (Å²) in [5.74, 6) is 1.62. The van der Waals surface area contributed by atoms with Gasteiger partial charge in [-0.3, -0.25) is 4.57 Å². The van der Waals surface area contributed by atoms with Crippen molar-refractivity contribution >= 4 is 55.0 Å². The molecule has 0 spiro atoms. The minimum atomic E-state index is -0.483. The highest BCUT2D eigenvalue weighted by Gasteiger charge is 2.25. The second-order valence-electron chi connectivity index (χ2n) is 9.93. The van der Waals surface area contributed by atoms with Crippen LogP contribution in [-0.2, 0) is 0 Å². The third-order valence-electron chi connectivity index (χ3n) is 7.61. The number of amidine groups is 2. The Morgan fingerprint density at radius 1 is 0.487 bits per heavy atom. The molecule has 0 saturated carbocycles. The van der Waals surface area contributed by atoms with Crippen LogP contribution in [0.1, 0.15) is 17.4 Å². The van der Waals surface area contributed by atoms with E-state index in [4.69, 9.17) is 9.98 Å². The van der Waals surface area contributed by atoms with E-state index in [1.807, 2.05) is 36.4 Å². The zero-order valence-corrected chi connectivity index (χ0v) is 21.1. The number of hydrogen-bond acceptors (Lipinski definition) is 3. The van der Waals surface area contributed by atoms with Crippen molar-refractivity contribution in [2.24, 2.45) is 9.98 Å². The molecule has 1 aliphatic rings. The van der Waals surface area contributed by atoms with Crippen molar-refractivity contribution in [3.05, 3.63) is 145 Å². The van der Waals surface area contributed by atoms with Crippen molar-refractivity contribution in [3.8, 4) is 0 Å². The number of nitrogens with one attached hydrogen (secondary N) is 1. The van der Waals surface area contributed by atoms with E-state index in [-0.39, 0.29) is 0 Å². The molecule has 0 atom stereocenters. The van der Waals surface area contributed by atoms with Gasteiger partial charge in [-0.05, 0) is 28.3 Å². The van der Waals surface area contributed by atoms with E-state index in [0.717, 1.165) is 33.8 Å². The van der Waals surface area contributed by atoms with Crippen molar-refractivity contribution in [1.82, 2.24) is 9.88 Å². The van der Waals surface area contributed by atoms with E-state index in [1.165, 1.54) is 32.3 Å². The zero-order chi connectivity index (χ0) is 25.8. The van der Waals surface area contributed by atoms with E-state index >= 15 is 0 Å². The lowest BCUT2D eigenvalue weighted by Crippen LogP contribution is -2.36. The third-order valence-corrected chi connectivity index (χ3v) is 7.61. The van der Waals surface area contributed by atoms with Gasteiger partial charge in [0.1, 0.15) is 11.7 Å². The molecule has 1 N–H and O–H groups in total. The Kier molecular flexibility index (Phi) is 4.85. The molecule has 6 aromatic carbocycles. The monoisotopic (exact) mass is 500 g/mol. The summed E-state index contributed by atoms with van der Waals surface area (Å²) >= 11 is 0. The summed E-state index contributed by atoms with van der Waals surface area (Å²) in [5, 5.41) is 10.8. The second-order valence-corrected chi connectivity index (χ2v) is 9.93. The topological polar surface area (TPSA) is 41.7 Å². The van der Waals surface area contributed by atoms with Gasteiger partial charge in [-0.15, -0.1) is 0 Å². The molecule has 1 aromatic heterocycles. The van der Waals surface area contributed by atoms with Crippen LogP contribution < -0.4 is 5.32 Å². The minimum Gasteiger partial charge on any atom is -0.324 e. The molecule has 2 heterocycles. The Labute approximate surface area is 225 Å². The first-order chi connectivity index (χ1) is 19.3. The van der Waals surface area contributed by atoms with Crippen molar-refractivity contribution in [2.75, 3.05) is 0 Å². The maximum absolute atomic E-state index is 5.24. The number of aromatic nitrogens is 1. The van der Waals surface area contributed by atoms with Gasteiger partial charge in [-0.2, -0.15) is 0 Å². The molecule has 4 heteroatoms. The summed E-state index contributed by atoms with van der Waals surface area (Å²) < 4.78 is 2.33. The smallest absolute Gasteiger partial charge is 0.225 e. The van der Waals surface area contributed by atoms with Crippen LogP contribution >= 0.6 is 0 Å². The highest BCUT2D eigenvalue weighted by Crippen LogP contribution is 2.39. The molecule has 184 valence electrons. The van der Waals surface area contributed by atoms with Crippen molar-refractivity contribution in [2.45, 2.75) is 6.29 Å². The second kappa shape index (κ2) is 8.67. The van der Waals surface area contributed by atoms with Crippen LogP contribution in [-0.4, -0.2) is 16.2 Å². The van der Waals surface area contributed by atoms with Gasteiger partial charge in [-0.25, -0.2) is 9.98 Å². The lowest BCUT2D eigenvalue weighted by molar-refractivity contribution is 0.576. The van der Waals surface area contributed by atoms with Gasteiger partial charge >= 0.3 is 0 Å². The lowest BCUT2D eigenvalue weighted by atomic mass is 10.0. The molecule has 39 heavy (non-hydrogen) atoms. The van der Waals surface area contributed by atoms with Gasteiger partial charge < -0.3 is 5.32 Å². The zero-order valence-electron chi connectivity index (χ0n) is 21.1. The highest BCUT2D eigenvalue weighted by molar-refractivity contribution is 6.20. The molecule has 0 unspecified atom stereocenters. The van der Waals surface area contributed by atoms with Crippen LogP contribution in [0.4, 0.5) is 0 Å². The summed E-state index contributed by atoms with van der Waals surface area (Å²) in [6.45, 7) is 0. The van der Waals surface area contributed by atoms with Gasteiger partial charge in [0.25, 0.3) is 0 Å². The van der Waals surface area contributed by atoms with E-state index in [1.54, 1.807) is 0 Å². The third kappa shape index (κ3) is 3.53. The first kappa shape index (κ1) is 21.8. The quantitative estimate of drug-likeness (QED) is 0.262. The lowest BCUT2D eigenvalue weighted by Gasteiger charge is -2.24. The normalized spacial score (nSPS) is 14.1. The van der Waals surface area contributed by atoms with Crippen LogP contribution in [0.5, 0.6) is 0 Å². The predicted molar refractivity (Wildman–Crippen MR) is 163 cm³/mol. The Morgan fingerprint density at radius 3 is 1.72 bits per heavy atom. The van der Waals surface area contributed by atoms with E-state index in [2.05, 4.69) is 107 Å². The Morgan fingerprint density at radius 2 is 1.05 bits per heavy atom. The molecule has 8 rings (SSSR count). The molecular weight excluding hydrogens is 476 g/mol. The van der Waals surface area contributed by atoms with Crippen LogP contribution in [0.2, 0.25) is 0 Å². The minimum absolute atomic E-state index is 0.483. The molecule has 0 radical (unpaired) electrons. The summed E-state index contributed by atoms with van der Waals surface area (Å²) in [4.78, 5) is 10.5. The molecule has 7 aromatic rings. The van der Waals surface area contributed by atoms with Crippen LogP contribution in [0.3, 0.4) is 0 Å². The van der Waals surface area contributed by atoms with Gasteiger partial charge in [0.05, 0.1) is 11.0 Å². The van der Waals surface area contributed by atoms with Crippen molar-refractivity contribution in [1.29, 1.82) is 0 Å². The standard InChI is InChI=1S/C35H24N4/c1-3-12-24(13-4-1)33-36-34(25-14-5-2-6-15-25)38-35(37-33)39-31-22-27-17-8-7-16-26(27)21-30(31)29-20-19-23-11-9-10-18-28(23)32(29)39/h1-22,35H,(H,36,37,38). The number of benzene rings is 6. The van der Waals surface area contributed by atoms with Crippen molar-refractivity contribution < 1.29 is 0 Å². The van der Waals surface area contributed by atoms with Crippen LogP contribution in [0.15, 0.2) is 143 Å². The fourth-order valence-corrected chi connectivity index (χ4v) is 5.77. The van der Waals surface area contributed by atoms with Gasteiger partial charge in [0, 0.05) is 27.3 Å². The number of rotatable bonds is 3. The Hall–Kier alpha value is -5.22. The molecule has 0 amide bonds. The number of nitrogens with zero attached hydrogens (tertiary/aromatic N) is 3. The maximum Gasteiger partial charge on any atom is 0.225 e. The first-order valence-electron chi connectivity index (χ1n) is 13.2. The predicted octanol–water partition coefficient (Wildman–Crippen LogP) is 8.05. The Balaban J connectivity index is 1.49. The Bertz CT molecular complexity index is 2030. The number of fused-ring (bicyclic) bond motifs is 6. The number of hydrogen-bond donors (Lipinski definition) is 1. The number of aliphatic imine (C=N–C) groups is 2. The van der Waals surface area contributed by atoms with Gasteiger partial charge in [-0.1, -0.05) is 121 Å². The highest BCUT2D eigenvalue weighted by atomic mass is 15.3. The fourth-order valence-electron chi connectivity index (χ4n) is 5.77. The van der Waals surface area contributed by atoms with Crippen LogP contribution in [0.25, 0.3) is 43.4 Å². The largest absolute Gasteiger partial charge is 0.324 e. The SMILES string of the molecule is c1ccc(C2=NC(n3c4cc5ccccc5cc4c4ccc5ccccc5c43)N=C(c3ccccc3)N2)cc1. The van der Waals surface area contributed by atoms with Gasteiger partial charge in [0.2, 0.25) is 6.29 Å². The fraction of sp³-hybridized carbons (Fsp3) is 0.0286. The van der Waals surface area contributed by atoms with E-state index < -0.39 is 6.29 Å². The molecular formula is C35H24N4. The maximum atomic E-state index is 5.24. The first-order valence-corrected chi connectivity index (χ1v) is 13.2. The molecule has 4 nitrogen and oxygen atoms in total. The molecule has 0 saturated heterocycles. The average Bonchev–Trinajstić information content (AvgIpc) is 3.34. The average molecular weight is 501 g/mol. The van der Waals surface area contributed by atoms with Crippen molar-refractivity contribution in [3.63, 3.8) is 0 Å². The summed E-state index contributed by atoms with van der Waals surface area (Å²) in [6, 6.07) is 46.8. The summed E-state index contributed by atoms with van der Waals surface area (Å²) in [5.41, 5.74) is 4.33. The van der Waals surface area contributed by atoms with E-state index in [9.17, 15) is 0 Å². The van der Waals surface area contributed by atoms with Crippen LogP contribution in [0, 0.1) is 0 Å². The molecule has 0 fully saturated rings. The molecule has 1 aliphatic heterocycles. The molecule has 0 aliphatic carbocycles. The van der Waals surface area contributed by atoms with E-state index in [0.29, 0.717) is 0 Å².